The van der Waals surface area contributed by atoms with Gasteiger partial charge in [-0.15, -0.1) is 0 Å². The minimum Gasteiger partial charge on any atom is -0.352 e. The standard InChI is InChI=1S/C13H16N4O/c14-13(18)16-6-5-15-8-10-7-11-3-1-2-4-12(11)17-9-10/h1-4,7,9,15H,5-6,8H2,(H3,14,16,18). The second-order valence-electron chi connectivity index (χ2n) is 4.00. The van der Waals surface area contributed by atoms with Crippen molar-refractivity contribution in [2.45, 2.75) is 6.54 Å². The first-order valence-corrected chi connectivity index (χ1v) is 5.83. The largest absolute Gasteiger partial charge is 0.352 e. The van der Waals surface area contributed by atoms with Crippen molar-refractivity contribution in [3.05, 3.63) is 42.1 Å². The van der Waals surface area contributed by atoms with Crippen LogP contribution in [0.2, 0.25) is 0 Å². The number of carbonyl (C=O) groups is 1. The smallest absolute Gasteiger partial charge is 0.312 e. The lowest BCUT2D eigenvalue weighted by Crippen LogP contribution is -2.35. The highest BCUT2D eigenvalue weighted by Crippen LogP contribution is 2.12. The van der Waals surface area contributed by atoms with Gasteiger partial charge in [-0.05, 0) is 17.7 Å². The topological polar surface area (TPSA) is 80.0 Å². The molecule has 0 spiro atoms. The Morgan fingerprint density at radius 1 is 1.28 bits per heavy atom. The molecule has 2 rings (SSSR count). The number of pyridine rings is 1. The van der Waals surface area contributed by atoms with Crippen LogP contribution in [0.4, 0.5) is 4.79 Å². The van der Waals surface area contributed by atoms with E-state index in [2.05, 4.69) is 21.7 Å². The van der Waals surface area contributed by atoms with E-state index in [1.54, 1.807) is 0 Å². The molecule has 18 heavy (non-hydrogen) atoms. The van der Waals surface area contributed by atoms with Gasteiger partial charge in [0, 0.05) is 31.2 Å². The van der Waals surface area contributed by atoms with Gasteiger partial charge in [0.25, 0.3) is 0 Å². The molecule has 0 saturated carbocycles. The molecule has 1 aromatic carbocycles. The first-order valence-electron chi connectivity index (χ1n) is 5.83. The molecule has 5 heteroatoms. The number of hydrogen-bond donors (Lipinski definition) is 3. The summed E-state index contributed by atoms with van der Waals surface area (Å²) in [5.74, 6) is 0. The normalized spacial score (nSPS) is 10.4. The maximum absolute atomic E-state index is 10.5. The van der Waals surface area contributed by atoms with Crippen LogP contribution in [-0.2, 0) is 6.54 Å². The third-order valence-corrected chi connectivity index (χ3v) is 2.58. The molecular weight excluding hydrogens is 228 g/mol. The van der Waals surface area contributed by atoms with Gasteiger partial charge in [-0.3, -0.25) is 4.98 Å². The molecule has 4 N–H and O–H groups in total. The molecule has 1 heterocycles. The predicted octanol–water partition coefficient (Wildman–Crippen LogP) is 0.993. The number of amides is 2. The van der Waals surface area contributed by atoms with E-state index < -0.39 is 6.03 Å². The van der Waals surface area contributed by atoms with Crippen molar-refractivity contribution in [3.8, 4) is 0 Å². The Hall–Kier alpha value is -2.14. The molecule has 1 aromatic heterocycles. The summed E-state index contributed by atoms with van der Waals surface area (Å²) < 4.78 is 0. The summed E-state index contributed by atoms with van der Waals surface area (Å²) in [7, 11) is 0. The summed E-state index contributed by atoms with van der Waals surface area (Å²) in [5.41, 5.74) is 7.08. The van der Waals surface area contributed by atoms with Crippen molar-refractivity contribution in [2.75, 3.05) is 13.1 Å². The monoisotopic (exact) mass is 244 g/mol. The van der Waals surface area contributed by atoms with Gasteiger partial charge in [0.15, 0.2) is 0 Å². The molecule has 0 atom stereocenters. The molecule has 0 aliphatic carbocycles. The van der Waals surface area contributed by atoms with Crippen LogP contribution in [0.5, 0.6) is 0 Å². The zero-order valence-electron chi connectivity index (χ0n) is 10.0. The Kier molecular flexibility index (Phi) is 4.09. The Morgan fingerprint density at radius 3 is 2.94 bits per heavy atom. The Balaban J connectivity index is 1.86. The Bertz CT molecular complexity index is 541. The zero-order valence-corrected chi connectivity index (χ0v) is 10.0. The summed E-state index contributed by atoms with van der Waals surface area (Å²) in [5, 5.41) is 6.87. The fourth-order valence-electron chi connectivity index (χ4n) is 1.72. The molecule has 0 saturated heterocycles. The molecule has 0 aliphatic heterocycles. The van der Waals surface area contributed by atoms with E-state index in [0.29, 0.717) is 13.1 Å². The van der Waals surface area contributed by atoms with Crippen molar-refractivity contribution in [3.63, 3.8) is 0 Å². The second-order valence-corrected chi connectivity index (χ2v) is 4.00. The Morgan fingerprint density at radius 2 is 2.11 bits per heavy atom. The van der Waals surface area contributed by atoms with E-state index >= 15 is 0 Å². The highest BCUT2D eigenvalue weighted by molar-refractivity contribution is 5.78. The molecule has 0 aliphatic rings. The molecule has 2 amide bonds. The van der Waals surface area contributed by atoms with E-state index in [1.165, 1.54) is 0 Å². The first-order chi connectivity index (χ1) is 8.75. The van der Waals surface area contributed by atoms with E-state index in [0.717, 1.165) is 23.0 Å². The SMILES string of the molecule is NC(=O)NCCNCc1cnc2ccccc2c1. The van der Waals surface area contributed by atoms with Gasteiger partial charge in [-0.25, -0.2) is 4.79 Å². The molecule has 0 bridgehead atoms. The van der Waals surface area contributed by atoms with Crippen LogP contribution in [0.15, 0.2) is 36.5 Å². The Labute approximate surface area is 105 Å². The van der Waals surface area contributed by atoms with Crippen molar-refractivity contribution in [2.24, 2.45) is 5.73 Å². The number of aromatic nitrogens is 1. The highest BCUT2D eigenvalue weighted by atomic mass is 16.2. The molecule has 94 valence electrons. The molecule has 2 aromatic rings. The van der Waals surface area contributed by atoms with E-state index in [-0.39, 0.29) is 0 Å². The number of carbonyl (C=O) groups excluding carboxylic acids is 1. The minimum atomic E-state index is -0.496. The minimum absolute atomic E-state index is 0.496. The molecular formula is C13H16N4O. The van der Waals surface area contributed by atoms with Gasteiger partial charge in [0.2, 0.25) is 0 Å². The number of hydrogen-bond acceptors (Lipinski definition) is 3. The number of urea groups is 1. The fourth-order valence-corrected chi connectivity index (χ4v) is 1.72. The van der Waals surface area contributed by atoms with E-state index in [4.69, 9.17) is 5.73 Å². The van der Waals surface area contributed by atoms with Gasteiger partial charge in [-0.2, -0.15) is 0 Å². The van der Waals surface area contributed by atoms with Crippen LogP contribution >= 0.6 is 0 Å². The number of benzene rings is 1. The number of nitrogens with one attached hydrogen (secondary N) is 2. The number of nitrogens with zero attached hydrogens (tertiary/aromatic N) is 1. The van der Waals surface area contributed by atoms with Gasteiger partial charge >= 0.3 is 6.03 Å². The van der Waals surface area contributed by atoms with Crippen LogP contribution < -0.4 is 16.4 Å². The lowest BCUT2D eigenvalue weighted by atomic mass is 10.1. The molecule has 0 unspecified atom stereocenters. The number of nitrogens with two attached hydrogens (primary N) is 1. The molecule has 5 nitrogen and oxygen atoms in total. The summed E-state index contributed by atoms with van der Waals surface area (Å²) in [6.45, 7) is 1.92. The maximum atomic E-state index is 10.5. The summed E-state index contributed by atoms with van der Waals surface area (Å²) in [4.78, 5) is 14.8. The van der Waals surface area contributed by atoms with Gasteiger partial charge in [-0.1, -0.05) is 18.2 Å². The number of para-hydroxylation sites is 1. The van der Waals surface area contributed by atoms with Crippen molar-refractivity contribution < 1.29 is 4.79 Å². The maximum Gasteiger partial charge on any atom is 0.312 e. The third kappa shape index (κ3) is 3.43. The lowest BCUT2D eigenvalue weighted by Gasteiger charge is -2.06. The quantitative estimate of drug-likeness (QED) is 0.686. The first kappa shape index (κ1) is 12.3. The molecule has 0 fully saturated rings. The van der Waals surface area contributed by atoms with Crippen molar-refractivity contribution >= 4 is 16.9 Å². The van der Waals surface area contributed by atoms with Crippen LogP contribution in [0.3, 0.4) is 0 Å². The van der Waals surface area contributed by atoms with Crippen LogP contribution in [-0.4, -0.2) is 24.1 Å². The zero-order chi connectivity index (χ0) is 12.8. The van der Waals surface area contributed by atoms with Crippen LogP contribution in [0.1, 0.15) is 5.56 Å². The van der Waals surface area contributed by atoms with Crippen molar-refractivity contribution in [1.82, 2.24) is 15.6 Å². The molecule has 0 radical (unpaired) electrons. The van der Waals surface area contributed by atoms with Gasteiger partial charge in [0.1, 0.15) is 0 Å². The summed E-state index contributed by atoms with van der Waals surface area (Å²) in [6.07, 6.45) is 1.86. The average molecular weight is 244 g/mol. The second kappa shape index (κ2) is 5.97. The fraction of sp³-hybridized carbons (Fsp3) is 0.231. The third-order valence-electron chi connectivity index (χ3n) is 2.58. The predicted molar refractivity (Wildman–Crippen MR) is 71.0 cm³/mol. The van der Waals surface area contributed by atoms with E-state index in [1.807, 2.05) is 30.5 Å². The summed E-state index contributed by atoms with van der Waals surface area (Å²) >= 11 is 0. The summed E-state index contributed by atoms with van der Waals surface area (Å²) in [6, 6.07) is 9.62. The van der Waals surface area contributed by atoms with E-state index in [9.17, 15) is 4.79 Å². The number of rotatable bonds is 5. The van der Waals surface area contributed by atoms with Crippen LogP contribution in [0, 0.1) is 0 Å². The number of fused-ring (bicyclic) bond motifs is 1. The van der Waals surface area contributed by atoms with Crippen molar-refractivity contribution in [1.29, 1.82) is 0 Å². The average Bonchev–Trinajstić information content (AvgIpc) is 2.38. The lowest BCUT2D eigenvalue weighted by molar-refractivity contribution is 0.249. The number of primary amides is 1. The van der Waals surface area contributed by atoms with Gasteiger partial charge in [0.05, 0.1) is 5.52 Å². The van der Waals surface area contributed by atoms with Crippen LogP contribution in [0.25, 0.3) is 10.9 Å². The van der Waals surface area contributed by atoms with Gasteiger partial charge < -0.3 is 16.4 Å². The highest BCUT2D eigenvalue weighted by Gasteiger charge is 1.97.